The zero-order chi connectivity index (χ0) is 12.3. The van der Waals surface area contributed by atoms with Gasteiger partial charge in [-0.3, -0.25) is 0 Å². The van der Waals surface area contributed by atoms with Crippen molar-refractivity contribution in [3.63, 3.8) is 0 Å². The topological polar surface area (TPSA) is 12.0 Å². The molecule has 0 amide bonds. The van der Waals surface area contributed by atoms with Gasteiger partial charge in [-0.15, -0.1) is 11.8 Å². The lowest BCUT2D eigenvalue weighted by atomic mass is 10.1. The molecule has 0 aromatic heterocycles. The molecule has 3 heteroatoms. The normalized spacial score (nSPS) is 20.1. The minimum Gasteiger partial charge on any atom is -0.314 e. The van der Waals surface area contributed by atoms with Gasteiger partial charge in [-0.25, -0.2) is 0 Å². The fourth-order valence-electron chi connectivity index (χ4n) is 2.24. The highest BCUT2D eigenvalue weighted by Crippen LogP contribution is 2.31. The number of rotatable bonds is 4. The predicted molar refractivity (Wildman–Crippen MR) is 79.9 cm³/mol. The molecule has 0 radical (unpaired) electrons. The van der Waals surface area contributed by atoms with Crippen LogP contribution in [0.2, 0.25) is 0 Å². The van der Waals surface area contributed by atoms with Gasteiger partial charge >= 0.3 is 0 Å². The standard InChI is InChI=1S/C14H20BrNS/c1-10(2)17-14-6-5-11(9-13(14)15)8-12-4-3-7-16-12/h5-6,9-10,12,16H,3-4,7-8H2,1-2H3. The summed E-state index contributed by atoms with van der Waals surface area (Å²) in [7, 11) is 0. The Labute approximate surface area is 117 Å². The van der Waals surface area contributed by atoms with Crippen LogP contribution >= 0.6 is 27.7 Å². The zero-order valence-corrected chi connectivity index (χ0v) is 12.9. The third-order valence-electron chi connectivity index (χ3n) is 3.00. The van der Waals surface area contributed by atoms with Crippen molar-refractivity contribution in [3.05, 3.63) is 28.2 Å². The molecule has 17 heavy (non-hydrogen) atoms. The van der Waals surface area contributed by atoms with Crippen molar-refractivity contribution in [2.45, 2.75) is 49.3 Å². The van der Waals surface area contributed by atoms with Crippen LogP contribution in [0.3, 0.4) is 0 Å². The fraction of sp³-hybridized carbons (Fsp3) is 0.571. The van der Waals surface area contributed by atoms with Gasteiger partial charge in [0.25, 0.3) is 0 Å². The first-order valence-corrected chi connectivity index (χ1v) is 8.01. The first-order valence-electron chi connectivity index (χ1n) is 6.33. The second kappa shape index (κ2) is 6.26. The Morgan fingerprint density at radius 2 is 2.29 bits per heavy atom. The van der Waals surface area contributed by atoms with E-state index in [2.05, 4.69) is 53.3 Å². The molecule has 1 fully saturated rings. The Balaban J connectivity index is 2.02. The molecular formula is C14H20BrNS. The molecule has 0 spiro atoms. The summed E-state index contributed by atoms with van der Waals surface area (Å²) in [6.07, 6.45) is 3.80. The predicted octanol–water partition coefficient (Wildman–Crippen LogP) is 4.24. The van der Waals surface area contributed by atoms with Crippen LogP contribution in [0.4, 0.5) is 0 Å². The molecule has 1 aliphatic heterocycles. The molecular weight excluding hydrogens is 294 g/mol. The lowest BCUT2D eigenvalue weighted by Crippen LogP contribution is -2.23. The molecule has 1 aliphatic rings. The largest absolute Gasteiger partial charge is 0.314 e. The van der Waals surface area contributed by atoms with E-state index in [0.717, 1.165) is 6.42 Å². The third-order valence-corrected chi connectivity index (χ3v) is 5.00. The number of benzene rings is 1. The lowest BCUT2D eigenvalue weighted by Gasteiger charge is -2.12. The first kappa shape index (κ1) is 13.4. The molecule has 1 aromatic carbocycles. The highest BCUT2D eigenvalue weighted by atomic mass is 79.9. The second-order valence-corrected chi connectivity index (χ2v) is 7.40. The second-order valence-electron chi connectivity index (χ2n) is 4.93. The lowest BCUT2D eigenvalue weighted by molar-refractivity contribution is 0.603. The van der Waals surface area contributed by atoms with Crippen LogP contribution in [0.15, 0.2) is 27.6 Å². The Morgan fingerprint density at radius 1 is 1.47 bits per heavy atom. The Morgan fingerprint density at radius 3 is 2.88 bits per heavy atom. The molecule has 1 N–H and O–H groups in total. The van der Waals surface area contributed by atoms with Crippen molar-refractivity contribution < 1.29 is 0 Å². The maximum Gasteiger partial charge on any atom is 0.0314 e. The Hall–Kier alpha value is 0.01000. The van der Waals surface area contributed by atoms with Gasteiger partial charge in [-0.1, -0.05) is 19.9 Å². The van der Waals surface area contributed by atoms with E-state index in [1.807, 2.05) is 11.8 Å². The maximum atomic E-state index is 3.68. The number of hydrogen-bond acceptors (Lipinski definition) is 2. The van der Waals surface area contributed by atoms with E-state index in [1.54, 1.807) is 0 Å². The van der Waals surface area contributed by atoms with E-state index < -0.39 is 0 Å². The number of nitrogens with one attached hydrogen (secondary N) is 1. The summed E-state index contributed by atoms with van der Waals surface area (Å²) in [4.78, 5) is 1.35. The molecule has 1 saturated heterocycles. The van der Waals surface area contributed by atoms with Crippen LogP contribution < -0.4 is 5.32 Å². The fourth-order valence-corrected chi connectivity index (χ4v) is 3.77. The SMILES string of the molecule is CC(C)Sc1ccc(CC2CCCN2)cc1Br. The molecule has 1 unspecified atom stereocenters. The van der Waals surface area contributed by atoms with Crippen LogP contribution in [0.5, 0.6) is 0 Å². The first-order chi connectivity index (χ1) is 8.15. The quantitative estimate of drug-likeness (QED) is 0.834. The zero-order valence-electron chi connectivity index (χ0n) is 10.5. The van der Waals surface area contributed by atoms with Crippen LogP contribution in [0.1, 0.15) is 32.3 Å². The van der Waals surface area contributed by atoms with Crippen LogP contribution in [-0.4, -0.2) is 17.8 Å². The van der Waals surface area contributed by atoms with Crippen LogP contribution in [0, 0.1) is 0 Å². The van der Waals surface area contributed by atoms with E-state index in [0.29, 0.717) is 11.3 Å². The van der Waals surface area contributed by atoms with Gasteiger partial charge in [0.15, 0.2) is 0 Å². The van der Waals surface area contributed by atoms with E-state index in [1.165, 1.54) is 34.3 Å². The van der Waals surface area contributed by atoms with Crippen molar-refractivity contribution in [1.29, 1.82) is 0 Å². The van der Waals surface area contributed by atoms with Gasteiger partial charge in [-0.2, -0.15) is 0 Å². The van der Waals surface area contributed by atoms with E-state index >= 15 is 0 Å². The van der Waals surface area contributed by atoms with Crippen molar-refractivity contribution in [1.82, 2.24) is 5.32 Å². The summed E-state index contributed by atoms with van der Waals surface area (Å²) in [6.45, 7) is 5.65. The van der Waals surface area contributed by atoms with Crippen molar-refractivity contribution in [2.75, 3.05) is 6.54 Å². The van der Waals surface area contributed by atoms with Crippen molar-refractivity contribution in [2.24, 2.45) is 0 Å². The minimum atomic E-state index is 0.633. The van der Waals surface area contributed by atoms with Gasteiger partial charge in [0.05, 0.1) is 0 Å². The smallest absolute Gasteiger partial charge is 0.0314 e. The van der Waals surface area contributed by atoms with Crippen molar-refractivity contribution in [3.8, 4) is 0 Å². The monoisotopic (exact) mass is 313 g/mol. The average Bonchev–Trinajstić information content (AvgIpc) is 2.74. The molecule has 1 aromatic rings. The molecule has 0 aliphatic carbocycles. The number of thioether (sulfide) groups is 1. The van der Waals surface area contributed by atoms with Crippen LogP contribution in [0.25, 0.3) is 0 Å². The van der Waals surface area contributed by atoms with Crippen molar-refractivity contribution >= 4 is 27.7 Å². The third kappa shape index (κ3) is 4.01. The maximum absolute atomic E-state index is 3.68. The van der Waals surface area contributed by atoms with Gasteiger partial charge in [0, 0.05) is 20.7 Å². The number of hydrogen-bond donors (Lipinski definition) is 1. The summed E-state index contributed by atoms with van der Waals surface area (Å²) in [5.74, 6) is 0. The molecule has 1 nitrogen and oxygen atoms in total. The van der Waals surface area contributed by atoms with E-state index in [-0.39, 0.29) is 0 Å². The summed E-state index contributed by atoms with van der Waals surface area (Å²) >= 11 is 5.60. The van der Waals surface area contributed by atoms with E-state index in [4.69, 9.17) is 0 Å². The Bertz CT molecular complexity index is 372. The molecule has 94 valence electrons. The van der Waals surface area contributed by atoms with E-state index in [9.17, 15) is 0 Å². The summed E-state index contributed by atoms with van der Waals surface area (Å²) in [5.41, 5.74) is 1.43. The van der Waals surface area contributed by atoms with Gasteiger partial charge in [-0.05, 0) is 59.4 Å². The molecule has 0 bridgehead atoms. The molecule has 2 rings (SSSR count). The molecule has 1 atom stereocenters. The van der Waals surface area contributed by atoms with Gasteiger partial charge < -0.3 is 5.32 Å². The molecule has 0 saturated carbocycles. The average molecular weight is 314 g/mol. The van der Waals surface area contributed by atoms with Crippen LogP contribution in [-0.2, 0) is 6.42 Å². The minimum absolute atomic E-state index is 0.633. The summed E-state index contributed by atoms with van der Waals surface area (Å²) < 4.78 is 1.24. The highest BCUT2D eigenvalue weighted by molar-refractivity contribution is 9.10. The van der Waals surface area contributed by atoms with Gasteiger partial charge in [0.1, 0.15) is 0 Å². The summed E-state index contributed by atoms with van der Waals surface area (Å²) in [6, 6.07) is 7.49. The number of halogens is 1. The highest BCUT2D eigenvalue weighted by Gasteiger charge is 2.15. The van der Waals surface area contributed by atoms with Gasteiger partial charge in [0.2, 0.25) is 0 Å². The Kier molecular flexibility index (Phi) is 4.95. The summed E-state index contributed by atoms with van der Waals surface area (Å²) in [5, 5.41) is 4.18. The molecule has 1 heterocycles.